The van der Waals surface area contributed by atoms with E-state index in [1.165, 1.54) is 7.05 Å². The summed E-state index contributed by atoms with van der Waals surface area (Å²) in [7, 11) is 1.49. The van der Waals surface area contributed by atoms with Gasteiger partial charge in [0.1, 0.15) is 11.5 Å². The molecule has 0 radical (unpaired) electrons. The standard InChI is InChI=1S/C14H15N5O3/c1-16-14(20)22-13-18-11-6-10(7-17-12(11)19-13)21-9-4-2-8(15)3-5-9/h2-7,13,18H,15H2,1H3,(H,16,20)(H,17,19). The van der Waals surface area contributed by atoms with E-state index in [0.29, 0.717) is 28.7 Å². The minimum Gasteiger partial charge on any atom is -0.456 e. The lowest BCUT2D eigenvalue weighted by Gasteiger charge is -2.11. The number of alkyl carbamates (subject to hydrolysis) is 1. The molecule has 0 saturated carbocycles. The van der Waals surface area contributed by atoms with Crippen molar-refractivity contribution in [2.45, 2.75) is 6.35 Å². The smallest absolute Gasteiger partial charge is 0.410 e. The van der Waals surface area contributed by atoms with E-state index in [4.69, 9.17) is 15.2 Å². The molecule has 0 bridgehead atoms. The van der Waals surface area contributed by atoms with Crippen molar-refractivity contribution < 1.29 is 14.3 Å². The number of hydrogen-bond acceptors (Lipinski definition) is 7. The van der Waals surface area contributed by atoms with Gasteiger partial charge in [-0.15, -0.1) is 0 Å². The molecule has 114 valence electrons. The molecule has 1 aromatic carbocycles. The lowest BCUT2D eigenvalue weighted by Crippen LogP contribution is -2.33. The van der Waals surface area contributed by atoms with Crippen LogP contribution in [0.3, 0.4) is 0 Å². The van der Waals surface area contributed by atoms with Crippen molar-refractivity contribution in [3.8, 4) is 11.5 Å². The number of aromatic nitrogens is 1. The zero-order valence-electron chi connectivity index (χ0n) is 11.8. The third-order valence-corrected chi connectivity index (χ3v) is 2.96. The number of ether oxygens (including phenoxy) is 2. The first kappa shape index (κ1) is 13.8. The molecule has 0 fully saturated rings. The highest BCUT2D eigenvalue weighted by Gasteiger charge is 2.24. The lowest BCUT2D eigenvalue weighted by atomic mass is 10.3. The molecular formula is C14H15N5O3. The minimum absolute atomic E-state index is 0.545. The summed E-state index contributed by atoms with van der Waals surface area (Å²) in [5, 5.41) is 8.27. The van der Waals surface area contributed by atoms with Gasteiger partial charge in [-0.1, -0.05) is 0 Å². The fourth-order valence-corrected chi connectivity index (χ4v) is 1.92. The van der Waals surface area contributed by atoms with Crippen molar-refractivity contribution in [3.63, 3.8) is 0 Å². The van der Waals surface area contributed by atoms with Gasteiger partial charge in [0.25, 0.3) is 6.35 Å². The molecule has 1 aromatic heterocycles. The fourth-order valence-electron chi connectivity index (χ4n) is 1.92. The number of carbonyl (C=O) groups excluding carboxylic acids is 1. The maximum atomic E-state index is 11.2. The van der Waals surface area contributed by atoms with Crippen LogP contribution in [0.5, 0.6) is 11.5 Å². The van der Waals surface area contributed by atoms with E-state index in [9.17, 15) is 4.79 Å². The molecule has 1 unspecified atom stereocenters. The second-order valence-corrected chi connectivity index (χ2v) is 4.56. The Balaban J connectivity index is 1.69. The first-order valence-corrected chi connectivity index (χ1v) is 6.59. The second kappa shape index (κ2) is 5.68. The molecule has 1 aliphatic heterocycles. The van der Waals surface area contributed by atoms with Crippen LogP contribution in [0.25, 0.3) is 0 Å². The number of pyridine rings is 1. The number of fused-ring (bicyclic) bond motifs is 1. The molecule has 2 heterocycles. The minimum atomic E-state index is -0.672. The fraction of sp³-hybridized carbons (Fsp3) is 0.143. The van der Waals surface area contributed by atoms with Crippen LogP contribution in [0.2, 0.25) is 0 Å². The number of benzene rings is 1. The van der Waals surface area contributed by atoms with Crippen LogP contribution in [-0.2, 0) is 4.74 Å². The average molecular weight is 301 g/mol. The largest absolute Gasteiger partial charge is 0.456 e. The van der Waals surface area contributed by atoms with Crippen LogP contribution in [0.1, 0.15) is 0 Å². The number of nitrogens with zero attached hydrogens (tertiary/aromatic N) is 1. The second-order valence-electron chi connectivity index (χ2n) is 4.56. The highest BCUT2D eigenvalue weighted by molar-refractivity contribution is 5.73. The summed E-state index contributed by atoms with van der Waals surface area (Å²) < 4.78 is 10.7. The van der Waals surface area contributed by atoms with Crippen molar-refractivity contribution in [2.24, 2.45) is 0 Å². The average Bonchev–Trinajstić information content (AvgIpc) is 2.91. The Morgan fingerprint density at radius 1 is 1.27 bits per heavy atom. The number of nitrogens with two attached hydrogens (primary N) is 1. The number of hydrogen-bond donors (Lipinski definition) is 4. The highest BCUT2D eigenvalue weighted by atomic mass is 16.6. The topological polar surface area (TPSA) is 111 Å². The maximum Gasteiger partial charge on any atom is 0.410 e. The Morgan fingerprint density at radius 2 is 2.05 bits per heavy atom. The quantitative estimate of drug-likeness (QED) is 0.641. The number of carbonyl (C=O) groups is 1. The first-order chi connectivity index (χ1) is 10.6. The van der Waals surface area contributed by atoms with Crippen molar-refractivity contribution in [3.05, 3.63) is 36.5 Å². The Morgan fingerprint density at radius 3 is 2.77 bits per heavy atom. The molecule has 0 saturated heterocycles. The van der Waals surface area contributed by atoms with Crippen molar-refractivity contribution in [1.82, 2.24) is 10.3 Å². The number of nitrogen functional groups attached to an aromatic ring is 1. The Hall–Kier alpha value is -3.16. The van der Waals surface area contributed by atoms with Crippen molar-refractivity contribution in [1.29, 1.82) is 0 Å². The summed E-state index contributed by atoms with van der Waals surface area (Å²) in [6.45, 7) is 0. The lowest BCUT2D eigenvalue weighted by molar-refractivity contribution is 0.127. The monoisotopic (exact) mass is 301 g/mol. The number of amides is 1. The zero-order chi connectivity index (χ0) is 15.5. The molecule has 22 heavy (non-hydrogen) atoms. The molecule has 2 aromatic rings. The van der Waals surface area contributed by atoms with Gasteiger partial charge in [0.2, 0.25) is 0 Å². The van der Waals surface area contributed by atoms with Gasteiger partial charge in [0.05, 0.1) is 11.9 Å². The van der Waals surface area contributed by atoms with Gasteiger partial charge in [0, 0.05) is 18.8 Å². The Kier molecular flexibility index (Phi) is 3.57. The van der Waals surface area contributed by atoms with E-state index >= 15 is 0 Å². The number of anilines is 3. The predicted octanol–water partition coefficient (Wildman–Crippen LogP) is 1.93. The van der Waals surface area contributed by atoms with E-state index in [2.05, 4.69) is 20.9 Å². The molecule has 1 atom stereocenters. The van der Waals surface area contributed by atoms with Gasteiger partial charge < -0.3 is 31.2 Å². The summed E-state index contributed by atoms with van der Waals surface area (Å²) in [6, 6.07) is 8.81. The van der Waals surface area contributed by atoms with Gasteiger partial charge in [0.15, 0.2) is 5.82 Å². The Bertz CT molecular complexity index is 689. The van der Waals surface area contributed by atoms with Gasteiger partial charge in [-0.25, -0.2) is 9.78 Å². The molecule has 3 rings (SSSR count). The summed E-state index contributed by atoms with van der Waals surface area (Å²) >= 11 is 0. The molecular weight excluding hydrogens is 286 g/mol. The van der Waals surface area contributed by atoms with Gasteiger partial charge in [-0.05, 0) is 24.3 Å². The molecule has 1 aliphatic rings. The number of rotatable bonds is 3. The van der Waals surface area contributed by atoms with E-state index in [0.717, 1.165) is 0 Å². The van der Waals surface area contributed by atoms with Gasteiger partial charge in [-0.2, -0.15) is 0 Å². The van der Waals surface area contributed by atoms with E-state index in [1.807, 2.05) is 0 Å². The molecule has 0 aliphatic carbocycles. The molecule has 0 spiro atoms. The van der Waals surface area contributed by atoms with Crippen LogP contribution >= 0.6 is 0 Å². The zero-order valence-corrected chi connectivity index (χ0v) is 11.8. The van der Waals surface area contributed by atoms with E-state index < -0.39 is 12.4 Å². The van der Waals surface area contributed by atoms with Crippen LogP contribution in [0.15, 0.2) is 36.5 Å². The molecule has 1 amide bonds. The summed E-state index contributed by atoms with van der Waals surface area (Å²) in [6.07, 6.45) is 0.358. The van der Waals surface area contributed by atoms with Crippen LogP contribution in [0, 0.1) is 0 Å². The van der Waals surface area contributed by atoms with Crippen LogP contribution in [-0.4, -0.2) is 24.5 Å². The normalized spacial score (nSPS) is 15.2. The SMILES string of the molecule is CNC(=O)OC1Nc2cc(Oc3ccc(N)cc3)cnc2N1. The van der Waals surface area contributed by atoms with Gasteiger partial charge in [-0.3, -0.25) is 0 Å². The third kappa shape index (κ3) is 2.95. The predicted molar refractivity (Wildman–Crippen MR) is 81.7 cm³/mol. The highest BCUT2D eigenvalue weighted by Crippen LogP contribution is 2.32. The van der Waals surface area contributed by atoms with Gasteiger partial charge >= 0.3 is 6.09 Å². The van der Waals surface area contributed by atoms with Crippen molar-refractivity contribution in [2.75, 3.05) is 23.4 Å². The van der Waals surface area contributed by atoms with E-state index in [-0.39, 0.29) is 0 Å². The first-order valence-electron chi connectivity index (χ1n) is 6.59. The molecule has 8 nitrogen and oxygen atoms in total. The molecule has 5 N–H and O–H groups in total. The third-order valence-electron chi connectivity index (χ3n) is 2.96. The Labute approximate surface area is 126 Å². The molecule has 8 heteroatoms. The maximum absolute atomic E-state index is 11.2. The van der Waals surface area contributed by atoms with Crippen LogP contribution < -0.4 is 26.4 Å². The summed E-state index contributed by atoms with van der Waals surface area (Å²) in [5.41, 5.74) is 6.98. The van der Waals surface area contributed by atoms with Crippen LogP contribution in [0.4, 0.5) is 22.0 Å². The van der Waals surface area contributed by atoms with Crippen molar-refractivity contribution >= 4 is 23.3 Å². The summed E-state index contributed by atoms with van der Waals surface area (Å²) in [5.74, 6) is 1.79. The summed E-state index contributed by atoms with van der Waals surface area (Å²) in [4.78, 5) is 15.4. The van der Waals surface area contributed by atoms with E-state index in [1.54, 1.807) is 36.5 Å². The number of nitrogens with one attached hydrogen (secondary N) is 3.